The van der Waals surface area contributed by atoms with Crippen LogP contribution in [-0.2, 0) is 6.61 Å². The summed E-state index contributed by atoms with van der Waals surface area (Å²) in [6, 6.07) is 11.0. The van der Waals surface area contributed by atoms with Crippen molar-refractivity contribution < 1.29 is 9.53 Å². The number of amides is 2. The van der Waals surface area contributed by atoms with E-state index < -0.39 is 6.03 Å². The molecule has 0 spiro atoms. The maximum atomic E-state index is 11.7. The van der Waals surface area contributed by atoms with Crippen LogP contribution in [0.5, 0.6) is 5.75 Å². The zero-order chi connectivity index (χ0) is 17.0. The Bertz CT molecular complexity index is 716. The number of benzene rings is 2. The normalized spacial score (nSPS) is 10.3. The van der Waals surface area contributed by atoms with Gasteiger partial charge in [-0.2, -0.15) is 0 Å². The molecule has 23 heavy (non-hydrogen) atoms. The number of hydrazine groups is 2. The molecule has 0 aliphatic heterocycles. The number of rotatable bonds is 4. The lowest BCUT2D eigenvalue weighted by Gasteiger charge is -2.21. The van der Waals surface area contributed by atoms with E-state index in [-0.39, 0.29) is 0 Å². The van der Waals surface area contributed by atoms with Gasteiger partial charge in [-0.25, -0.2) is 21.5 Å². The van der Waals surface area contributed by atoms with E-state index in [0.717, 1.165) is 21.7 Å². The molecule has 6 heteroatoms. The fraction of sp³-hybridized carbons (Fsp3) is 0.235. The van der Waals surface area contributed by atoms with Crippen LogP contribution in [0.15, 0.2) is 36.4 Å². The molecular weight excluding hydrogens is 292 g/mol. The van der Waals surface area contributed by atoms with Crippen molar-refractivity contribution in [1.29, 1.82) is 0 Å². The van der Waals surface area contributed by atoms with Crippen LogP contribution in [0.2, 0.25) is 0 Å². The Labute approximate surface area is 136 Å². The molecule has 0 heterocycles. The molecule has 2 rings (SSSR count). The Morgan fingerprint density at radius 3 is 2.61 bits per heavy atom. The molecule has 2 aromatic rings. The maximum absolute atomic E-state index is 11.7. The van der Waals surface area contributed by atoms with E-state index in [2.05, 4.69) is 18.2 Å². The van der Waals surface area contributed by atoms with E-state index in [1.54, 1.807) is 12.1 Å². The van der Waals surface area contributed by atoms with Gasteiger partial charge in [-0.15, -0.1) is 0 Å². The topological polar surface area (TPSA) is 93.6 Å². The third-order valence-corrected chi connectivity index (χ3v) is 3.67. The number of hydrogen-bond acceptors (Lipinski definition) is 4. The number of carbonyl (C=O) groups excluding carboxylic acids is 1. The lowest BCUT2D eigenvalue weighted by atomic mass is 10.1. The van der Waals surface area contributed by atoms with Gasteiger partial charge in [0, 0.05) is 0 Å². The van der Waals surface area contributed by atoms with Crippen molar-refractivity contribution in [2.24, 2.45) is 11.7 Å². The van der Waals surface area contributed by atoms with Crippen molar-refractivity contribution in [3.05, 3.63) is 58.7 Å². The molecule has 0 atom stereocenters. The van der Waals surface area contributed by atoms with Crippen LogP contribution in [-0.4, -0.2) is 6.03 Å². The predicted octanol–water partition coefficient (Wildman–Crippen LogP) is 2.45. The number of nitrogens with two attached hydrogens (primary N) is 2. The third-order valence-electron chi connectivity index (χ3n) is 3.67. The quantitative estimate of drug-likeness (QED) is 0.459. The summed E-state index contributed by atoms with van der Waals surface area (Å²) in [5.41, 5.74) is 6.75. The number of carbonyl (C=O) groups is 1. The molecule has 0 aliphatic carbocycles. The molecule has 0 saturated carbocycles. The summed E-state index contributed by atoms with van der Waals surface area (Å²) in [5.74, 6) is 11.5. The first-order valence-electron chi connectivity index (χ1n) is 7.28. The fourth-order valence-electron chi connectivity index (χ4n) is 2.30. The highest BCUT2D eigenvalue weighted by atomic mass is 16.5. The number of para-hydroxylation sites is 1. The van der Waals surface area contributed by atoms with Gasteiger partial charge in [0.1, 0.15) is 18.0 Å². The van der Waals surface area contributed by atoms with Crippen LogP contribution in [0.4, 0.5) is 10.5 Å². The molecule has 0 saturated heterocycles. The molecule has 2 amide bonds. The minimum absolute atomic E-state index is 0.392. The molecule has 2 aromatic carbocycles. The highest BCUT2D eigenvalue weighted by Gasteiger charge is 2.17. The first kappa shape index (κ1) is 16.8. The molecule has 0 aromatic heterocycles. The molecule has 0 radical (unpaired) electrons. The second kappa shape index (κ2) is 7.13. The number of nitrogens with one attached hydrogen (secondary N) is 1. The molecule has 6 nitrogen and oxygen atoms in total. The Morgan fingerprint density at radius 1 is 1.17 bits per heavy atom. The number of ether oxygens (including phenoxy) is 1. The second-order valence-electron chi connectivity index (χ2n) is 5.46. The molecule has 5 N–H and O–H groups in total. The number of hydrogen-bond donors (Lipinski definition) is 3. The van der Waals surface area contributed by atoms with Gasteiger partial charge in [-0.3, -0.25) is 5.43 Å². The summed E-state index contributed by atoms with van der Waals surface area (Å²) in [6.45, 7) is 6.36. The maximum Gasteiger partial charge on any atom is 0.350 e. The van der Waals surface area contributed by atoms with E-state index in [9.17, 15) is 4.79 Å². The van der Waals surface area contributed by atoms with Gasteiger partial charge in [0.2, 0.25) is 0 Å². The van der Waals surface area contributed by atoms with Gasteiger partial charge in [0.05, 0.1) is 0 Å². The predicted molar refractivity (Wildman–Crippen MR) is 90.8 cm³/mol. The average molecular weight is 314 g/mol. The summed E-state index contributed by atoms with van der Waals surface area (Å²) in [7, 11) is 0. The lowest BCUT2D eigenvalue weighted by molar-refractivity contribution is 0.246. The molecule has 0 fully saturated rings. The zero-order valence-electron chi connectivity index (χ0n) is 13.6. The largest absolute Gasteiger partial charge is 0.486 e. The standard InChI is InChI=1S/C17H22N4O2/c1-11-7-8-12(2)14(9-11)10-23-16-13(3)5-4-6-15(16)21(19)17(22)20-18/h4-9H,10,18-19H2,1-3H3,(H,20,22). The summed E-state index contributed by atoms with van der Waals surface area (Å²) >= 11 is 0. The van der Waals surface area contributed by atoms with Crippen molar-refractivity contribution in [3.63, 3.8) is 0 Å². The Morgan fingerprint density at radius 2 is 1.91 bits per heavy atom. The van der Waals surface area contributed by atoms with Crippen LogP contribution < -0.4 is 26.9 Å². The number of aryl methyl sites for hydroxylation is 3. The number of anilines is 1. The van der Waals surface area contributed by atoms with Gasteiger partial charge in [-0.05, 0) is 43.5 Å². The van der Waals surface area contributed by atoms with Crippen LogP contribution in [0.1, 0.15) is 22.3 Å². The SMILES string of the molecule is Cc1ccc(C)c(COc2c(C)cccc2N(N)C(=O)NN)c1. The highest BCUT2D eigenvalue weighted by Crippen LogP contribution is 2.31. The van der Waals surface area contributed by atoms with Gasteiger partial charge in [0.25, 0.3) is 0 Å². The summed E-state index contributed by atoms with van der Waals surface area (Å²) < 4.78 is 5.96. The fourth-order valence-corrected chi connectivity index (χ4v) is 2.30. The van der Waals surface area contributed by atoms with Crippen LogP contribution in [0.25, 0.3) is 0 Å². The van der Waals surface area contributed by atoms with Gasteiger partial charge >= 0.3 is 6.03 Å². The third kappa shape index (κ3) is 3.80. The second-order valence-corrected chi connectivity index (χ2v) is 5.46. The van der Waals surface area contributed by atoms with E-state index in [1.165, 1.54) is 5.56 Å². The molecular formula is C17H22N4O2. The van der Waals surface area contributed by atoms with Gasteiger partial charge in [-0.1, -0.05) is 35.9 Å². The smallest absolute Gasteiger partial charge is 0.350 e. The van der Waals surface area contributed by atoms with Crippen molar-refractivity contribution in [2.45, 2.75) is 27.4 Å². The first-order valence-corrected chi connectivity index (χ1v) is 7.28. The number of nitrogens with zero attached hydrogens (tertiary/aromatic N) is 1. The van der Waals surface area contributed by atoms with Crippen LogP contribution in [0, 0.1) is 20.8 Å². The first-order chi connectivity index (χ1) is 10.9. The van der Waals surface area contributed by atoms with E-state index >= 15 is 0 Å². The van der Waals surface area contributed by atoms with Gasteiger partial charge in [0.15, 0.2) is 0 Å². The summed E-state index contributed by atoms with van der Waals surface area (Å²) in [6.07, 6.45) is 0. The van der Waals surface area contributed by atoms with Crippen molar-refractivity contribution in [3.8, 4) is 5.75 Å². The van der Waals surface area contributed by atoms with Crippen LogP contribution >= 0.6 is 0 Å². The Balaban J connectivity index is 2.29. The van der Waals surface area contributed by atoms with Crippen molar-refractivity contribution in [2.75, 3.05) is 5.01 Å². The molecule has 0 unspecified atom stereocenters. The molecule has 122 valence electrons. The number of urea groups is 1. The monoisotopic (exact) mass is 314 g/mol. The molecule has 0 aliphatic rings. The molecule has 0 bridgehead atoms. The minimum atomic E-state index is -0.618. The minimum Gasteiger partial charge on any atom is -0.486 e. The van der Waals surface area contributed by atoms with E-state index in [1.807, 2.05) is 32.3 Å². The van der Waals surface area contributed by atoms with E-state index in [4.69, 9.17) is 16.4 Å². The van der Waals surface area contributed by atoms with Crippen molar-refractivity contribution in [1.82, 2.24) is 5.43 Å². The lowest BCUT2D eigenvalue weighted by Crippen LogP contribution is -2.47. The summed E-state index contributed by atoms with van der Waals surface area (Å²) in [4.78, 5) is 11.7. The Kier molecular flexibility index (Phi) is 5.20. The van der Waals surface area contributed by atoms with E-state index in [0.29, 0.717) is 18.0 Å². The summed E-state index contributed by atoms with van der Waals surface area (Å²) in [5, 5.41) is 0.936. The van der Waals surface area contributed by atoms with Crippen molar-refractivity contribution >= 4 is 11.7 Å². The highest BCUT2D eigenvalue weighted by molar-refractivity contribution is 5.92. The van der Waals surface area contributed by atoms with Crippen LogP contribution in [0.3, 0.4) is 0 Å². The Hall–Kier alpha value is -2.57. The van der Waals surface area contributed by atoms with Gasteiger partial charge < -0.3 is 4.74 Å². The average Bonchev–Trinajstić information content (AvgIpc) is 2.55. The zero-order valence-corrected chi connectivity index (χ0v) is 13.6.